The topological polar surface area (TPSA) is 134 Å². The number of thioether (sulfide) groups is 1. The Hall–Kier alpha value is -4.20. The molecule has 1 heterocycles. The smallest absolute Gasteiger partial charge is 0.490 e. The Morgan fingerprint density at radius 1 is 1.13 bits per heavy atom. The molecule has 0 unspecified atom stereocenters. The molecule has 0 aliphatic heterocycles. The van der Waals surface area contributed by atoms with Gasteiger partial charge in [0.05, 0.1) is 19.0 Å². The van der Waals surface area contributed by atoms with E-state index in [0.29, 0.717) is 23.6 Å². The van der Waals surface area contributed by atoms with E-state index in [1.807, 2.05) is 42.5 Å². The molecule has 3 rings (SSSR count). The first-order chi connectivity index (χ1) is 18.4. The number of ether oxygens (including phenoxy) is 2. The summed E-state index contributed by atoms with van der Waals surface area (Å²) in [5, 5.41) is 16.7. The van der Waals surface area contributed by atoms with Crippen LogP contribution in [0, 0.1) is 0 Å². The molecule has 39 heavy (non-hydrogen) atoms. The van der Waals surface area contributed by atoms with Gasteiger partial charge in [0.15, 0.2) is 0 Å². The van der Waals surface area contributed by atoms with Crippen LogP contribution in [0.15, 0.2) is 59.8 Å². The minimum absolute atomic E-state index is 0.0516. The number of anilines is 1. The second-order valence-corrected chi connectivity index (χ2v) is 9.08. The van der Waals surface area contributed by atoms with E-state index < -0.39 is 18.2 Å². The number of carbonyl (C=O) groups excluding carboxylic acids is 2. The summed E-state index contributed by atoms with van der Waals surface area (Å²) < 4.78 is 42.3. The van der Waals surface area contributed by atoms with Gasteiger partial charge in [0, 0.05) is 42.9 Å². The standard InChI is InChI=1S/C23H26N4O4S.C2HF3O2/c1-27(2)22(28)9-10-32-21-12-17(18-13-24-25-14-18)7-8-20(21)26-23(29)31-15-16-5-4-6-19(11-16)30-3;3-2(4,5)1(6)7/h4-8,11-14H,9-10,15H2,1-3H3,(H,24,25)(H,26,29);(H,6,7). The molecule has 2 amide bonds. The van der Waals surface area contributed by atoms with E-state index in [1.54, 1.807) is 38.5 Å². The Bertz CT molecular complexity index is 1250. The molecule has 3 aromatic rings. The van der Waals surface area contributed by atoms with Gasteiger partial charge in [0.1, 0.15) is 12.4 Å². The number of carboxylic acid groups (broad SMARTS) is 1. The van der Waals surface area contributed by atoms with E-state index in [2.05, 4.69) is 15.5 Å². The fourth-order valence-electron chi connectivity index (χ4n) is 2.86. The number of H-pyrrole nitrogens is 1. The fraction of sp³-hybridized carbons (Fsp3) is 0.280. The normalized spacial score (nSPS) is 10.6. The number of carboxylic acids is 1. The van der Waals surface area contributed by atoms with Crippen molar-refractivity contribution in [3.05, 3.63) is 60.4 Å². The van der Waals surface area contributed by atoms with Gasteiger partial charge in [-0.2, -0.15) is 18.3 Å². The van der Waals surface area contributed by atoms with Crippen molar-refractivity contribution in [2.24, 2.45) is 0 Å². The van der Waals surface area contributed by atoms with Gasteiger partial charge in [-0.15, -0.1) is 11.8 Å². The number of hydrogen-bond donors (Lipinski definition) is 3. The van der Waals surface area contributed by atoms with Crippen LogP contribution in [0.5, 0.6) is 5.75 Å². The van der Waals surface area contributed by atoms with Crippen LogP contribution in [-0.4, -0.2) is 71.3 Å². The van der Waals surface area contributed by atoms with E-state index in [4.69, 9.17) is 19.4 Å². The fourth-order valence-corrected chi connectivity index (χ4v) is 3.84. The van der Waals surface area contributed by atoms with Crippen LogP contribution in [0.25, 0.3) is 11.1 Å². The van der Waals surface area contributed by atoms with Crippen molar-refractivity contribution >= 4 is 35.4 Å². The Morgan fingerprint density at radius 2 is 1.85 bits per heavy atom. The van der Waals surface area contributed by atoms with Gasteiger partial charge in [0.2, 0.25) is 5.91 Å². The van der Waals surface area contributed by atoms with E-state index in [0.717, 1.165) is 21.6 Å². The molecule has 210 valence electrons. The predicted molar refractivity (Wildman–Crippen MR) is 139 cm³/mol. The molecule has 0 aliphatic rings. The first kappa shape index (κ1) is 31.0. The van der Waals surface area contributed by atoms with Gasteiger partial charge in [-0.3, -0.25) is 15.2 Å². The van der Waals surface area contributed by atoms with Crippen LogP contribution in [0.1, 0.15) is 12.0 Å². The van der Waals surface area contributed by atoms with Gasteiger partial charge in [-0.1, -0.05) is 18.2 Å². The highest BCUT2D eigenvalue weighted by Gasteiger charge is 2.38. The summed E-state index contributed by atoms with van der Waals surface area (Å²) in [4.78, 5) is 35.6. The zero-order valence-corrected chi connectivity index (χ0v) is 22.1. The third kappa shape index (κ3) is 10.6. The molecule has 0 spiro atoms. The first-order valence-electron chi connectivity index (χ1n) is 11.2. The molecule has 10 nitrogen and oxygen atoms in total. The van der Waals surface area contributed by atoms with Crippen LogP contribution < -0.4 is 10.1 Å². The van der Waals surface area contributed by atoms with Crippen LogP contribution in [-0.2, 0) is 20.9 Å². The largest absolute Gasteiger partial charge is 0.497 e. The van der Waals surface area contributed by atoms with Gasteiger partial charge in [0.25, 0.3) is 0 Å². The zero-order valence-electron chi connectivity index (χ0n) is 21.2. The number of nitrogens with one attached hydrogen (secondary N) is 2. The number of carbonyl (C=O) groups is 3. The third-order valence-corrected chi connectivity index (χ3v) is 5.93. The summed E-state index contributed by atoms with van der Waals surface area (Å²) in [7, 11) is 5.06. The molecule has 14 heteroatoms. The highest BCUT2D eigenvalue weighted by Crippen LogP contribution is 2.33. The minimum Gasteiger partial charge on any atom is -0.497 e. The van der Waals surface area contributed by atoms with E-state index >= 15 is 0 Å². The van der Waals surface area contributed by atoms with Crippen molar-refractivity contribution in [3.63, 3.8) is 0 Å². The number of aliphatic carboxylic acids is 1. The number of rotatable bonds is 9. The predicted octanol–water partition coefficient (Wildman–Crippen LogP) is 5.04. The Kier molecular flexibility index (Phi) is 11.7. The number of hydrogen-bond acceptors (Lipinski definition) is 7. The molecule has 0 aliphatic carbocycles. The molecule has 0 radical (unpaired) electrons. The number of aromatic nitrogens is 2. The van der Waals surface area contributed by atoms with E-state index in [-0.39, 0.29) is 12.5 Å². The number of methoxy groups -OCH3 is 1. The second-order valence-electron chi connectivity index (χ2n) is 7.94. The molecular weight excluding hydrogens is 541 g/mol. The highest BCUT2D eigenvalue weighted by molar-refractivity contribution is 7.99. The first-order valence-corrected chi connectivity index (χ1v) is 12.2. The molecule has 0 fully saturated rings. The number of amides is 2. The van der Waals surface area contributed by atoms with Gasteiger partial charge in [-0.25, -0.2) is 9.59 Å². The number of benzene rings is 2. The summed E-state index contributed by atoms with van der Waals surface area (Å²) >= 11 is 1.50. The van der Waals surface area contributed by atoms with Crippen molar-refractivity contribution in [1.29, 1.82) is 0 Å². The number of nitrogens with zero attached hydrogens (tertiary/aromatic N) is 2. The average Bonchev–Trinajstić information content (AvgIpc) is 3.43. The lowest BCUT2D eigenvalue weighted by atomic mass is 10.1. The number of aromatic amines is 1. The van der Waals surface area contributed by atoms with Crippen LogP contribution >= 0.6 is 11.8 Å². The summed E-state index contributed by atoms with van der Waals surface area (Å²) in [6.45, 7) is 0.121. The van der Waals surface area contributed by atoms with Crippen molar-refractivity contribution in [2.75, 3.05) is 32.3 Å². The lowest BCUT2D eigenvalue weighted by Gasteiger charge is -2.14. The van der Waals surface area contributed by atoms with Crippen LogP contribution in [0.4, 0.5) is 23.7 Å². The number of alkyl halides is 3. The summed E-state index contributed by atoms with van der Waals surface area (Å²) in [6.07, 6.45) is -1.72. The Labute approximate surface area is 226 Å². The maximum absolute atomic E-state index is 12.4. The Balaban J connectivity index is 0.000000673. The average molecular weight is 569 g/mol. The molecule has 3 N–H and O–H groups in total. The molecule has 0 saturated carbocycles. The number of halogens is 3. The molecule has 0 bridgehead atoms. The summed E-state index contributed by atoms with van der Waals surface area (Å²) in [5.74, 6) is -1.42. The van der Waals surface area contributed by atoms with Crippen LogP contribution in [0.3, 0.4) is 0 Å². The van der Waals surface area contributed by atoms with E-state index in [9.17, 15) is 22.8 Å². The van der Waals surface area contributed by atoms with Gasteiger partial charge >= 0.3 is 18.2 Å². The molecule has 2 aromatic carbocycles. The SMILES string of the molecule is COc1cccc(COC(=O)Nc2ccc(-c3cn[nH]c3)cc2SCCC(=O)N(C)C)c1.O=C(O)C(F)(F)F. The molecule has 0 atom stereocenters. The van der Waals surface area contributed by atoms with Crippen molar-refractivity contribution in [3.8, 4) is 16.9 Å². The maximum Gasteiger partial charge on any atom is 0.490 e. The van der Waals surface area contributed by atoms with Crippen molar-refractivity contribution in [2.45, 2.75) is 24.1 Å². The van der Waals surface area contributed by atoms with Crippen molar-refractivity contribution < 1.29 is 42.1 Å². The van der Waals surface area contributed by atoms with Gasteiger partial charge in [-0.05, 0) is 35.4 Å². The third-order valence-electron chi connectivity index (χ3n) is 4.87. The molecular formula is C25H27F3N4O6S. The molecule has 0 saturated heterocycles. The lowest BCUT2D eigenvalue weighted by molar-refractivity contribution is -0.192. The van der Waals surface area contributed by atoms with Crippen LogP contribution in [0.2, 0.25) is 0 Å². The summed E-state index contributed by atoms with van der Waals surface area (Å²) in [5.41, 5.74) is 3.33. The monoisotopic (exact) mass is 568 g/mol. The van der Waals surface area contributed by atoms with Crippen molar-refractivity contribution in [1.82, 2.24) is 15.1 Å². The maximum atomic E-state index is 12.4. The van der Waals surface area contributed by atoms with E-state index in [1.165, 1.54) is 11.8 Å². The second kappa shape index (κ2) is 14.7. The minimum atomic E-state index is -5.08. The summed E-state index contributed by atoms with van der Waals surface area (Å²) in [6, 6.07) is 13.0. The highest BCUT2D eigenvalue weighted by atomic mass is 32.2. The quantitative estimate of drug-likeness (QED) is 0.306. The molecule has 1 aromatic heterocycles. The zero-order chi connectivity index (χ0) is 29.0. The lowest BCUT2D eigenvalue weighted by Crippen LogP contribution is -2.21. The van der Waals surface area contributed by atoms with Gasteiger partial charge < -0.3 is 19.5 Å². The Morgan fingerprint density at radius 3 is 2.44 bits per heavy atom.